The number of aliphatic carboxylic acids is 1. The summed E-state index contributed by atoms with van der Waals surface area (Å²) in [6, 6.07) is 16.8. The van der Waals surface area contributed by atoms with Gasteiger partial charge in [-0.2, -0.15) is 7.05 Å². The molecule has 0 aliphatic heterocycles. The fraction of sp³-hybridized carbons (Fsp3) is 0.143. The number of hydrogen-bond acceptors (Lipinski definition) is 2. The van der Waals surface area contributed by atoms with Gasteiger partial charge in [0.05, 0.1) is 0 Å². The molecule has 0 bridgehead atoms. The fourth-order valence-electron chi connectivity index (χ4n) is 1.21. The van der Waals surface area contributed by atoms with Gasteiger partial charge in [0.15, 0.2) is 0 Å². The van der Waals surface area contributed by atoms with Crippen molar-refractivity contribution in [1.29, 1.82) is 0 Å². The second-order valence-corrected chi connectivity index (χ2v) is 3.36. The minimum atomic E-state index is -0.877. The molecule has 1 aromatic carbocycles. The third kappa shape index (κ3) is 7.50. The summed E-state index contributed by atoms with van der Waals surface area (Å²) >= 11 is 0. The fourth-order valence-corrected chi connectivity index (χ4v) is 1.21. The number of aromatic nitrogens is 1. The Morgan fingerprint density at radius 1 is 1.32 bits per heavy atom. The van der Waals surface area contributed by atoms with Gasteiger partial charge in [0.25, 0.3) is 5.97 Å². The van der Waals surface area contributed by atoms with Crippen molar-refractivity contribution in [2.24, 2.45) is 0 Å². The van der Waals surface area contributed by atoms with Gasteiger partial charge < -0.3 is 15.4 Å². The molecule has 5 heteroatoms. The van der Waals surface area contributed by atoms with E-state index in [1.807, 2.05) is 42.5 Å². The quantitative estimate of drug-likeness (QED) is 0.751. The molecule has 1 heterocycles. The standard InChI is InChI=1S/C11H8N.C3H6NO2.Pt/c1-2-6-10(7-3-1)11-8-4-5-9-12-11;1-4-2-3(5)6;/h1-6,8-9H;2H2,1H3,(H,5,6);/q2*-1;+2. The zero-order chi connectivity index (χ0) is 13.2. The predicted molar refractivity (Wildman–Crippen MR) is 70.3 cm³/mol. The number of carboxylic acids is 1. The van der Waals surface area contributed by atoms with Gasteiger partial charge in [-0.15, -0.1) is 35.9 Å². The molecule has 2 rings (SSSR count). The molecule has 2 aromatic rings. The smallest absolute Gasteiger partial charge is 0.656 e. The molecule has 1 aromatic heterocycles. The van der Waals surface area contributed by atoms with Gasteiger partial charge >= 0.3 is 21.1 Å². The van der Waals surface area contributed by atoms with Crippen LogP contribution in [0, 0.1) is 6.07 Å². The maximum atomic E-state index is 9.51. The SMILES string of the molecule is C[N-]CC(=O)O.[Pt+2].[c-]1ccccc1-c1ccccn1. The Labute approximate surface area is 127 Å². The van der Waals surface area contributed by atoms with E-state index in [1.54, 1.807) is 6.20 Å². The summed E-state index contributed by atoms with van der Waals surface area (Å²) in [4.78, 5) is 13.7. The molecule has 0 saturated carbocycles. The number of likely N-dealkylation sites (N-methyl/N-ethyl adjacent to an activating group) is 1. The van der Waals surface area contributed by atoms with Gasteiger partial charge in [0.2, 0.25) is 0 Å². The molecular formula is C14H14N2O2Pt. The Morgan fingerprint density at radius 2 is 2.05 bits per heavy atom. The molecule has 0 aliphatic rings. The molecule has 4 nitrogen and oxygen atoms in total. The number of nitrogens with zero attached hydrogens (tertiary/aromatic N) is 2. The van der Waals surface area contributed by atoms with Crippen molar-refractivity contribution in [3.05, 3.63) is 60.0 Å². The number of benzene rings is 1. The van der Waals surface area contributed by atoms with Crippen LogP contribution in [0.2, 0.25) is 0 Å². The van der Waals surface area contributed by atoms with Crippen LogP contribution in [0.1, 0.15) is 0 Å². The van der Waals surface area contributed by atoms with Crippen LogP contribution in [-0.4, -0.2) is 29.7 Å². The number of hydrogen-bond donors (Lipinski definition) is 1. The Bertz CT molecular complexity index is 426. The minimum absolute atomic E-state index is 0. The molecule has 0 saturated heterocycles. The van der Waals surface area contributed by atoms with Crippen LogP contribution >= 0.6 is 0 Å². The summed E-state index contributed by atoms with van der Waals surface area (Å²) in [5.74, 6) is -0.877. The molecule has 1 N–H and O–H groups in total. The first kappa shape index (κ1) is 17.5. The summed E-state index contributed by atoms with van der Waals surface area (Å²) < 4.78 is 0. The van der Waals surface area contributed by atoms with Crippen molar-refractivity contribution in [1.82, 2.24) is 4.98 Å². The Kier molecular flexibility index (Phi) is 9.59. The maximum absolute atomic E-state index is 9.51. The first-order valence-electron chi connectivity index (χ1n) is 5.39. The van der Waals surface area contributed by atoms with Crippen LogP contribution in [0.5, 0.6) is 0 Å². The summed E-state index contributed by atoms with van der Waals surface area (Å²) in [5, 5.41) is 11.2. The van der Waals surface area contributed by atoms with Gasteiger partial charge in [0.1, 0.15) is 0 Å². The normalized spacial score (nSPS) is 8.68. The van der Waals surface area contributed by atoms with E-state index in [0.717, 1.165) is 11.3 Å². The van der Waals surface area contributed by atoms with E-state index in [1.165, 1.54) is 7.05 Å². The average molecular weight is 437 g/mol. The molecule has 0 unspecified atom stereocenters. The van der Waals surface area contributed by atoms with Crippen LogP contribution in [0.3, 0.4) is 0 Å². The number of carbonyl (C=O) groups is 1. The van der Waals surface area contributed by atoms with Crippen LogP contribution in [-0.2, 0) is 25.9 Å². The maximum Gasteiger partial charge on any atom is 2.00 e. The van der Waals surface area contributed by atoms with E-state index >= 15 is 0 Å². The minimum Gasteiger partial charge on any atom is -0.656 e. The summed E-state index contributed by atoms with van der Waals surface area (Å²) in [5.41, 5.74) is 2.01. The first-order valence-corrected chi connectivity index (χ1v) is 5.39. The van der Waals surface area contributed by atoms with Crippen LogP contribution in [0.4, 0.5) is 0 Å². The zero-order valence-corrected chi connectivity index (χ0v) is 12.7. The number of carboxylic acid groups (broad SMARTS) is 1. The first-order chi connectivity index (χ1) is 8.74. The van der Waals surface area contributed by atoms with Gasteiger partial charge in [-0.25, -0.2) is 0 Å². The Morgan fingerprint density at radius 3 is 2.47 bits per heavy atom. The van der Waals surface area contributed by atoms with E-state index in [9.17, 15) is 4.79 Å². The van der Waals surface area contributed by atoms with Gasteiger partial charge in [-0.1, -0.05) is 12.1 Å². The van der Waals surface area contributed by atoms with E-state index in [0.29, 0.717) is 0 Å². The van der Waals surface area contributed by atoms with Crippen LogP contribution in [0.15, 0.2) is 48.7 Å². The van der Waals surface area contributed by atoms with Crippen molar-refractivity contribution >= 4 is 5.97 Å². The molecule has 0 fully saturated rings. The molecule has 0 aliphatic carbocycles. The van der Waals surface area contributed by atoms with E-state index in [4.69, 9.17) is 5.11 Å². The third-order valence-electron chi connectivity index (χ3n) is 1.94. The summed E-state index contributed by atoms with van der Waals surface area (Å²) in [7, 11) is 1.47. The number of rotatable bonds is 3. The molecule has 0 atom stereocenters. The molecular weight excluding hydrogens is 423 g/mol. The van der Waals surface area contributed by atoms with Crippen molar-refractivity contribution < 1.29 is 31.0 Å². The number of pyridine rings is 1. The van der Waals surface area contributed by atoms with Crippen molar-refractivity contribution in [3.8, 4) is 11.3 Å². The van der Waals surface area contributed by atoms with Crippen molar-refractivity contribution in [3.63, 3.8) is 0 Å². The van der Waals surface area contributed by atoms with Crippen LogP contribution in [0.25, 0.3) is 16.6 Å². The summed E-state index contributed by atoms with van der Waals surface area (Å²) in [6.07, 6.45) is 1.79. The van der Waals surface area contributed by atoms with Gasteiger partial charge in [-0.05, 0) is 18.3 Å². The third-order valence-corrected chi connectivity index (χ3v) is 1.94. The molecule has 19 heavy (non-hydrogen) atoms. The molecule has 102 valence electrons. The van der Waals surface area contributed by atoms with E-state index in [2.05, 4.69) is 16.4 Å². The van der Waals surface area contributed by atoms with E-state index < -0.39 is 5.97 Å². The predicted octanol–water partition coefficient (Wildman–Crippen LogP) is 2.62. The largest absolute Gasteiger partial charge is 2.00 e. The second-order valence-electron chi connectivity index (χ2n) is 3.36. The monoisotopic (exact) mass is 437 g/mol. The Balaban J connectivity index is 0.000000404. The molecule has 0 spiro atoms. The van der Waals surface area contributed by atoms with Gasteiger partial charge in [0, 0.05) is 6.20 Å². The second kappa shape index (κ2) is 10.4. The zero-order valence-electron chi connectivity index (χ0n) is 10.4. The van der Waals surface area contributed by atoms with Crippen molar-refractivity contribution in [2.75, 3.05) is 13.6 Å². The van der Waals surface area contributed by atoms with E-state index in [-0.39, 0.29) is 27.6 Å². The molecule has 0 radical (unpaired) electrons. The average Bonchev–Trinajstić information content (AvgIpc) is 2.41. The Hall–Kier alpha value is -1.51. The summed E-state index contributed by atoms with van der Waals surface area (Å²) in [6.45, 7) is -0.0833. The topological polar surface area (TPSA) is 64.3 Å². The molecule has 0 amide bonds. The van der Waals surface area contributed by atoms with Crippen LogP contribution < -0.4 is 0 Å². The van der Waals surface area contributed by atoms with Crippen molar-refractivity contribution in [2.45, 2.75) is 0 Å². The van der Waals surface area contributed by atoms with Gasteiger partial charge in [-0.3, -0.25) is 4.79 Å².